The summed E-state index contributed by atoms with van der Waals surface area (Å²) < 4.78 is 0. The molecule has 3 atom stereocenters. The lowest BCUT2D eigenvalue weighted by Crippen LogP contribution is -2.52. The summed E-state index contributed by atoms with van der Waals surface area (Å²) in [5, 5.41) is 3.29. The summed E-state index contributed by atoms with van der Waals surface area (Å²) in [4.78, 5) is 14.0. The number of carbonyl (C=O) groups excluding carboxylic acids is 1. The van der Waals surface area contributed by atoms with Crippen molar-refractivity contribution in [1.82, 2.24) is 10.2 Å². The Morgan fingerprint density at radius 2 is 1.94 bits per heavy atom. The van der Waals surface area contributed by atoms with E-state index in [2.05, 4.69) is 19.2 Å². The van der Waals surface area contributed by atoms with Gasteiger partial charge in [0.05, 0.1) is 0 Å². The maximum atomic E-state index is 12.1. The first kappa shape index (κ1) is 12.7. The fourth-order valence-corrected chi connectivity index (χ4v) is 3.90. The average Bonchev–Trinajstić information content (AvgIpc) is 2.83. The van der Waals surface area contributed by atoms with Crippen LogP contribution in [0.1, 0.15) is 47.0 Å². The number of fused-ring (bicyclic) bond motifs is 2. The minimum absolute atomic E-state index is 0.126. The molecule has 2 aliphatic rings. The molecule has 0 spiro atoms. The van der Waals surface area contributed by atoms with E-state index in [0.717, 1.165) is 24.9 Å². The number of hydrogen-bond donors (Lipinski definition) is 1. The maximum absolute atomic E-state index is 12.1. The van der Waals surface area contributed by atoms with Gasteiger partial charge in [-0.3, -0.25) is 0 Å². The third-order valence-electron chi connectivity index (χ3n) is 5.13. The SMILES string of the molecule is CCN(CC)C(=O)N[C@@H]1[C@@H]2CC[C@@H](C2)C1(C)C. The highest BCUT2D eigenvalue weighted by atomic mass is 16.2. The fraction of sp³-hybridized carbons (Fsp3) is 0.929. The van der Waals surface area contributed by atoms with Crippen molar-refractivity contribution in [1.29, 1.82) is 0 Å². The number of rotatable bonds is 3. The lowest BCUT2D eigenvalue weighted by Gasteiger charge is -2.39. The van der Waals surface area contributed by atoms with Gasteiger partial charge in [-0.15, -0.1) is 0 Å². The van der Waals surface area contributed by atoms with Crippen LogP contribution in [0.2, 0.25) is 0 Å². The molecule has 2 saturated carbocycles. The summed E-state index contributed by atoms with van der Waals surface area (Å²) in [5.41, 5.74) is 0.283. The molecule has 0 aromatic rings. The molecule has 0 aliphatic heterocycles. The predicted molar refractivity (Wildman–Crippen MR) is 69.9 cm³/mol. The molecule has 3 nitrogen and oxygen atoms in total. The van der Waals surface area contributed by atoms with E-state index in [1.54, 1.807) is 0 Å². The molecule has 2 aliphatic carbocycles. The molecular formula is C14H26N2O. The van der Waals surface area contributed by atoms with Crippen molar-refractivity contribution in [2.24, 2.45) is 17.3 Å². The zero-order chi connectivity index (χ0) is 12.6. The number of amides is 2. The monoisotopic (exact) mass is 238 g/mol. The van der Waals surface area contributed by atoms with Gasteiger partial charge in [0.15, 0.2) is 0 Å². The van der Waals surface area contributed by atoms with Crippen LogP contribution < -0.4 is 5.32 Å². The number of nitrogens with one attached hydrogen (secondary N) is 1. The van der Waals surface area contributed by atoms with E-state index in [0.29, 0.717) is 6.04 Å². The highest BCUT2D eigenvalue weighted by Crippen LogP contribution is 2.55. The molecule has 2 fully saturated rings. The van der Waals surface area contributed by atoms with E-state index < -0.39 is 0 Å². The van der Waals surface area contributed by atoms with Crippen LogP contribution in [0, 0.1) is 17.3 Å². The molecular weight excluding hydrogens is 212 g/mol. The van der Waals surface area contributed by atoms with Gasteiger partial charge >= 0.3 is 6.03 Å². The van der Waals surface area contributed by atoms with E-state index in [4.69, 9.17) is 0 Å². The number of urea groups is 1. The number of hydrogen-bond acceptors (Lipinski definition) is 1. The lowest BCUT2D eigenvalue weighted by molar-refractivity contribution is 0.139. The highest BCUT2D eigenvalue weighted by Gasteiger charge is 2.53. The first-order valence-electron chi connectivity index (χ1n) is 7.06. The van der Waals surface area contributed by atoms with Crippen molar-refractivity contribution in [2.45, 2.75) is 53.0 Å². The van der Waals surface area contributed by atoms with Crippen LogP contribution in [0.5, 0.6) is 0 Å². The van der Waals surface area contributed by atoms with Gasteiger partial charge in [0.2, 0.25) is 0 Å². The van der Waals surface area contributed by atoms with Crippen molar-refractivity contribution in [3.8, 4) is 0 Å². The smallest absolute Gasteiger partial charge is 0.317 e. The second kappa shape index (κ2) is 4.51. The largest absolute Gasteiger partial charge is 0.334 e. The zero-order valence-electron chi connectivity index (χ0n) is 11.6. The normalized spacial score (nSPS) is 33.8. The van der Waals surface area contributed by atoms with Gasteiger partial charge in [0, 0.05) is 19.1 Å². The molecule has 17 heavy (non-hydrogen) atoms. The molecule has 0 heterocycles. The van der Waals surface area contributed by atoms with Crippen LogP contribution in [0.4, 0.5) is 4.79 Å². The van der Waals surface area contributed by atoms with Gasteiger partial charge in [-0.2, -0.15) is 0 Å². The molecule has 0 aromatic carbocycles. The molecule has 0 saturated heterocycles. The summed E-state index contributed by atoms with van der Waals surface area (Å²) >= 11 is 0. The topological polar surface area (TPSA) is 32.3 Å². The minimum atomic E-state index is 0.126. The highest BCUT2D eigenvalue weighted by molar-refractivity contribution is 5.74. The summed E-state index contributed by atoms with van der Waals surface area (Å²) in [6.07, 6.45) is 3.97. The second-order valence-corrected chi connectivity index (χ2v) is 6.19. The van der Waals surface area contributed by atoms with Crippen molar-refractivity contribution in [2.75, 3.05) is 13.1 Å². The molecule has 0 aromatic heterocycles. The lowest BCUT2D eigenvalue weighted by atomic mass is 9.73. The van der Waals surface area contributed by atoms with E-state index in [1.807, 2.05) is 18.7 Å². The van der Waals surface area contributed by atoms with Crippen molar-refractivity contribution in [3.05, 3.63) is 0 Å². The molecule has 98 valence electrons. The summed E-state index contributed by atoms with van der Waals surface area (Å²) in [7, 11) is 0. The molecule has 1 N–H and O–H groups in total. The summed E-state index contributed by atoms with van der Waals surface area (Å²) in [5.74, 6) is 1.53. The van der Waals surface area contributed by atoms with Gasteiger partial charge < -0.3 is 10.2 Å². The molecule has 2 amide bonds. The van der Waals surface area contributed by atoms with Gasteiger partial charge in [-0.05, 0) is 50.4 Å². The Balaban J connectivity index is 2.02. The fourth-order valence-electron chi connectivity index (χ4n) is 3.90. The van der Waals surface area contributed by atoms with Crippen LogP contribution in [0.25, 0.3) is 0 Å². The third-order valence-corrected chi connectivity index (χ3v) is 5.13. The quantitative estimate of drug-likeness (QED) is 0.805. The maximum Gasteiger partial charge on any atom is 0.317 e. The zero-order valence-corrected chi connectivity index (χ0v) is 11.6. The van der Waals surface area contributed by atoms with Gasteiger partial charge in [0.25, 0.3) is 0 Å². The molecule has 3 heteroatoms. The Hall–Kier alpha value is -0.730. The van der Waals surface area contributed by atoms with Crippen molar-refractivity contribution in [3.63, 3.8) is 0 Å². The van der Waals surface area contributed by atoms with Crippen LogP contribution >= 0.6 is 0 Å². The van der Waals surface area contributed by atoms with Crippen LogP contribution in [0.3, 0.4) is 0 Å². The second-order valence-electron chi connectivity index (χ2n) is 6.19. The Labute approximate surface area is 105 Å². The Morgan fingerprint density at radius 3 is 2.41 bits per heavy atom. The summed E-state index contributed by atoms with van der Waals surface area (Å²) in [6.45, 7) is 10.3. The van der Waals surface area contributed by atoms with Gasteiger partial charge in [-0.25, -0.2) is 4.79 Å². The Morgan fingerprint density at radius 1 is 1.29 bits per heavy atom. The minimum Gasteiger partial charge on any atom is -0.334 e. The van der Waals surface area contributed by atoms with E-state index in [-0.39, 0.29) is 11.4 Å². The van der Waals surface area contributed by atoms with E-state index in [1.165, 1.54) is 19.3 Å². The molecule has 0 unspecified atom stereocenters. The number of carbonyl (C=O) groups is 1. The van der Waals surface area contributed by atoms with Crippen LogP contribution in [0.15, 0.2) is 0 Å². The standard InChI is InChI=1S/C14H26N2O/c1-5-16(6-2)13(17)15-12-10-7-8-11(9-10)14(12,3)4/h10-12H,5-9H2,1-4H3,(H,15,17)/t10-,11+,12-/m1/s1. The first-order chi connectivity index (χ1) is 8.00. The summed E-state index contributed by atoms with van der Waals surface area (Å²) in [6, 6.07) is 0.509. The van der Waals surface area contributed by atoms with Crippen molar-refractivity contribution >= 4 is 6.03 Å². The molecule has 0 radical (unpaired) electrons. The average molecular weight is 238 g/mol. The number of nitrogens with zero attached hydrogens (tertiary/aromatic N) is 1. The van der Waals surface area contributed by atoms with E-state index in [9.17, 15) is 4.79 Å². The predicted octanol–water partition coefficient (Wildman–Crippen LogP) is 2.86. The van der Waals surface area contributed by atoms with Crippen LogP contribution in [-0.4, -0.2) is 30.1 Å². The Bertz CT molecular complexity index is 297. The first-order valence-corrected chi connectivity index (χ1v) is 7.06. The Kier molecular flexibility index (Phi) is 3.37. The van der Waals surface area contributed by atoms with E-state index >= 15 is 0 Å². The van der Waals surface area contributed by atoms with Crippen molar-refractivity contribution < 1.29 is 4.79 Å². The third kappa shape index (κ3) is 2.04. The van der Waals surface area contributed by atoms with Gasteiger partial charge in [0.1, 0.15) is 0 Å². The molecule has 2 rings (SSSR count). The molecule has 2 bridgehead atoms. The van der Waals surface area contributed by atoms with Gasteiger partial charge in [-0.1, -0.05) is 13.8 Å². The van der Waals surface area contributed by atoms with Crippen LogP contribution in [-0.2, 0) is 0 Å².